The van der Waals surface area contributed by atoms with Gasteiger partial charge in [0.05, 0.1) is 45.9 Å². The number of carbonyl (C=O) groups is 2. The number of nitrogens with one attached hydrogen (secondary N) is 1. The summed E-state index contributed by atoms with van der Waals surface area (Å²) in [5.41, 5.74) is 0.909. The van der Waals surface area contributed by atoms with Crippen LogP contribution in [-0.4, -0.2) is 39.3 Å². The minimum atomic E-state index is -1.06. The third-order valence-electron chi connectivity index (χ3n) is 6.13. The van der Waals surface area contributed by atoms with Crippen molar-refractivity contribution in [2.24, 2.45) is 7.05 Å². The summed E-state index contributed by atoms with van der Waals surface area (Å²) in [5, 5.41) is 12.6. The Labute approximate surface area is 226 Å². The number of amides is 1. The zero-order valence-corrected chi connectivity index (χ0v) is 21.9. The molecule has 0 saturated carbocycles. The van der Waals surface area contributed by atoms with E-state index in [1.54, 1.807) is 55.6 Å². The summed E-state index contributed by atoms with van der Waals surface area (Å²) < 4.78 is 7.24. The van der Waals surface area contributed by atoms with Crippen LogP contribution >= 0.6 is 23.2 Å². The summed E-state index contributed by atoms with van der Waals surface area (Å²) in [4.78, 5) is 51.5. The maximum atomic E-state index is 13.2. The Balaban J connectivity index is 1.65. The number of aliphatic hydroxyl groups excluding tert-OH is 1. The molecule has 4 aromatic rings. The number of fused-ring (bicyclic) bond motifs is 1. The highest BCUT2D eigenvalue weighted by Gasteiger charge is 2.25. The lowest BCUT2D eigenvalue weighted by molar-refractivity contribution is -0.142. The van der Waals surface area contributed by atoms with Gasteiger partial charge >= 0.3 is 11.7 Å². The average Bonchev–Trinajstić information content (AvgIpc) is 2.91. The first kappa shape index (κ1) is 27.1. The number of methoxy groups -OCH3 is 1. The first-order valence-electron chi connectivity index (χ1n) is 11.4. The van der Waals surface area contributed by atoms with Gasteiger partial charge < -0.3 is 15.2 Å². The Morgan fingerprint density at radius 2 is 1.63 bits per heavy atom. The first-order chi connectivity index (χ1) is 18.2. The molecular weight excluding hydrogens is 533 g/mol. The highest BCUT2D eigenvalue weighted by Crippen LogP contribution is 2.24. The summed E-state index contributed by atoms with van der Waals surface area (Å²) in [5.74, 6) is -1.31. The van der Waals surface area contributed by atoms with Gasteiger partial charge in [-0.3, -0.25) is 14.2 Å². The number of halogens is 2. The van der Waals surface area contributed by atoms with Gasteiger partial charge in [0.15, 0.2) is 0 Å². The van der Waals surface area contributed by atoms with E-state index in [9.17, 15) is 24.3 Å². The molecule has 1 heterocycles. The van der Waals surface area contributed by atoms with E-state index in [-0.39, 0.29) is 34.0 Å². The Bertz CT molecular complexity index is 1640. The van der Waals surface area contributed by atoms with Crippen LogP contribution in [0.2, 0.25) is 10.0 Å². The molecule has 0 aliphatic heterocycles. The van der Waals surface area contributed by atoms with Crippen molar-refractivity contribution in [3.05, 3.63) is 108 Å². The number of aryl methyl sites for hydroxylation is 1. The van der Waals surface area contributed by atoms with Crippen LogP contribution in [-0.2, 0) is 29.6 Å². The van der Waals surface area contributed by atoms with E-state index in [2.05, 4.69) is 5.32 Å². The molecule has 196 valence electrons. The Morgan fingerprint density at radius 1 is 1.00 bits per heavy atom. The fourth-order valence-corrected chi connectivity index (χ4v) is 4.70. The van der Waals surface area contributed by atoms with E-state index in [0.29, 0.717) is 22.3 Å². The summed E-state index contributed by atoms with van der Waals surface area (Å²) in [7, 11) is 2.76. The maximum Gasteiger partial charge on any atom is 0.335 e. The Kier molecular flexibility index (Phi) is 8.01. The topological polar surface area (TPSA) is 120 Å². The van der Waals surface area contributed by atoms with Gasteiger partial charge in [-0.2, -0.15) is 0 Å². The second-order valence-electron chi connectivity index (χ2n) is 8.51. The molecule has 0 unspecified atom stereocenters. The molecule has 2 N–H and O–H groups in total. The van der Waals surface area contributed by atoms with Crippen molar-refractivity contribution in [3.63, 3.8) is 0 Å². The quantitative estimate of drug-likeness (QED) is 0.338. The molecule has 1 aromatic heterocycles. The van der Waals surface area contributed by atoms with E-state index >= 15 is 0 Å². The molecule has 0 radical (unpaired) electrons. The zero-order chi connectivity index (χ0) is 27.6. The summed E-state index contributed by atoms with van der Waals surface area (Å²) >= 11 is 12.2. The van der Waals surface area contributed by atoms with Gasteiger partial charge in [-0.25, -0.2) is 14.2 Å². The van der Waals surface area contributed by atoms with Gasteiger partial charge in [-0.1, -0.05) is 47.5 Å². The van der Waals surface area contributed by atoms with Crippen molar-refractivity contribution in [2.45, 2.75) is 19.1 Å². The molecule has 3 aromatic carbocycles. The lowest BCUT2D eigenvalue weighted by Crippen LogP contribution is -2.43. The number of carbonyl (C=O) groups excluding carboxylic acids is 2. The highest BCUT2D eigenvalue weighted by molar-refractivity contribution is 6.39. The van der Waals surface area contributed by atoms with Crippen LogP contribution < -0.4 is 16.6 Å². The van der Waals surface area contributed by atoms with Crippen molar-refractivity contribution in [3.8, 4) is 5.69 Å². The normalized spacial score (nSPS) is 11.8. The number of benzene rings is 3. The molecule has 11 heteroatoms. The molecule has 9 nitrogen and oxygen atoms in total. The monoisotopic (exact) mass is 555 g/mol. The number of esters is 1. The van der Waals surface area contributed by atoms with Crippen molar-refractivity contribution in [1.29, 1.82) is 0 Å². The molecule has 1 atom stereocenters. The van der Waals surface area contributed by atoms with Crippen molar-refractivity contribution < 1.29 is 19.4 Å². The van der Waals surface area contributed by atoms with E-state index in [1.165, 1.54) is 23.8 Å². The standard InChI is InChI=1S/C27H23Cl2N3O6/c1-31-22-11-8-16(14-33)12-18(22)25(35)32(27(31)37)17-9-6-15(7-10-17)13-21(26(36)38-2)30-24(34)23-19(28)4-3-5-20(23)29/h3-12,21,33H,13-14H2,1-2H3,(H,30,34)/t21-/m0/s1. The number of aliphatic hydroxyl groups is 1. The fraction of sp³-hybridized carbons (Fsp3) is 0.185. The Morgan fingerprint density at radius 3 is 2.24 bits per heavy atom. The van der Waals surface area contributed by atoms with Gasteiger partial charge in [0.2, 0.25) is 0 Å². The molecule has 0 saturated heterocycles. The van der Waals surface area contributed by atoms with Crippen molar-refractivity contribution in [2.75, 3.05) is 7.11 Å². The van der Waals surface area contributed by atoms with Crippen molar-refractivity contribution >= 4 is 46.0 Å². The van der Waals surface area contributed by atoms with E-state index in [0.717, 1.165) is 4.57 Å². The van der Waals surface area contributed by atoms with Gasteiger partial charge in [0.1, 0.15) is 6.04 Å². The van der Waals surface area contributed by atoms with Crippen LogP contribution in [0.4, 0.5) is 0 Å². The summed E-state index contributed by atoms with van der Waals surface area (Å²) in [6.07, 6.45) is 0.0608. The predicted molar refractivity (Wildman–Crippen MR) is 144 cm³/mol. The van der Waals surface area contributed by atoms with Gasteiger partial charge in [-0.05, 0) is 47.5 Å². The lowest BCUT2D eigenvalue weighted by Gasteiger charge is -2.18. The van der Waals surface area contributed by atoms with Gasteiger partial charge in [0, 0.05) is 13.5 Å². The molecule has 0 spiro atoms. The van der Waals surface area contributed by atoms with Gasteiger partial charge in [-0.15, -0.1) is 0 Å². The van der Waals surface area contributed by atoms with Crippen LogP contribution in [0, 0.1) is 0 Å². The largest absolute Gasteiger partial charge is 0.467 e. The van der Waals surface area contributed by atoms with Crippen molar-refractivity contribution in [1.82, 2.24) is 14.5 Å². The van der Waals surface area contributed by atoms with E-state index < -0.39 is 29.2 Å². The summed E-state index contributed by atoms with van der Waals surface area (Å²) in [6, 6.07) is 14.8. The molecule has 0 bridgehead atoms. The third-order valence-corrected chi connectivity index (χ3v) is 6.76. The number of nitrogens with zero attached hydrogens (tertiary/aromatic N) is 2. The fourth-order valence-electron chi connectivity index (χ4n) is 4.13. The first-order valence-corrected chi connectivity index (χ1v) is 12.2. The molecule has 0 fully saturated rings. The molecule has 38 heavy (non-hydrogen) atoms. The molecule has 0 aliphatic carbocycles. The zero-order valence-electron chi connectivity index (χ0n) is 20.4. The number of hydrogen-bond acceptors (Lipinski definition) is 6. The van der Waals surface area contributed by atoms with Crippen LogP contribution in [0.1, 0.15) is 21.5 Å². The van der Waals surface area contributed by atoms with Crippen LogP contribution in [0.25, 0.3) is 16.6 Å². The SMILES string of the molecule is COC(=O)[C@H](Cc1ccc(-n2c(=O)c3cc(CO)ccc3n(C)c2=O)cc1)NC(=O)c1c(Cl)cccc1Cl. The number of ether oxygens (including phenoxy) is 1. The number of hydrogen-bond donors (Lipinski definition) is 2. The second kappa shape index (κ2) is 11.2. The van der Waals surface area contributed by atoms with Crippen LogP contribution in [0.5, 0.6) is 0 Å². The number of rotatable bonds is 7. The maximum absolute atomic E-state index is 13.2. The smallest absolute Gasteiger partial charge is 0.335 e. The molecule has 4 rings (SSSR count). The minimum Gasteiger partial charge on any atom is -0.467 e. The highest BCUT2D eigenvalue weighted by atomic mass is 35.5. The van der Waals surface area contributed by atoms with Crippen LogP contribution in [0.15, 0.2) is 70.3 Å². The molecule has 0 aliphatic rings. The number of aromatic nitrogens is 2. The predicted octanol–water partition coefficient (Wildman–Crippen LogP) is 3.00. The second-order valence-corrected chi connectivity index (χ2v) is 9.32. The molecule has 1 amide bonds. The molecular formula is C27H23Cl2N3O6. The van der Waals surface area contributed by atoms with Gasteiger partial charge in [0.25, 0.3) is 11.5 Å². The summed E-state index contributed by atoms with van der Waals surface area (Å²) in [6.45, 7) is -0.243. The average molecular weight is 556 g/mol. The lowest BCUT2D eigenvalue weighted by atomic mass is 10.0. The van der Waals surface area contributed by atoms with Crippen LogP contribution in [0.3, 0.4) is 0 Å². The Hall–Kier alpha value is -3.92. The van der Waals surface area contributed by atoms with E-state index in [1.807, 2.05) is 0 Å². The van der Waals surface area contributed by atoms with E-state index in [4.69, 9.17) is 27.9 Å². The minimum absolute atomic E-state index is 0.0379. The third kappa shape index (κ3) is 5.22.